The highest BCUT2D eigenvalue weighted by Gasteiger charge is 2.19. The molecule has 32 heavy (non-hydrogen) atoms. The van der Waals surface area contributed by atoms with Crippen LogP contribution >= 0.6 is 0 Å². The number of pyridine rings is 1. The summed E-state index contributed by atoms with van der Waals surface area (Å²) in [4.78, 5) is 23.6. The van der Waals surface area contributed by atoms with Crippen molar-refractivity contribution in [1.82, 2.24) is 14.4 Å². The summed E-state index contributed by atoms with van der Waals surface area (Å²) in [6.45, 7) is 6.06. The second kappa shape index (κ2) is 9.23. The van der Waals surface area contributed by atoms with E-state index >= 15 is 0 Å². The normalized spacial score (nSPS) is 11.2. The van der Waals surface area contributed by atoms with E-state index in [4.69, 9.17) is 9.15 Å². The van der Waals surface area contributed by atoms with E-state index in [1.165, 1.54) is 9.96 Å². The Balaban J connectivity index is 1.66. The van der Waals surface area contributed by atoms with E-state index in [0.717, 1.165) is 17.8 Å². The molecule has 0 saturated carbocycles. The molecule has 3 aromatic heterocycles. The minimum absolute atomic E-state index is 0.0321. The molecular weight excluding hydrogens is 408 g/mol. The van der Waals surface area contributed by atoms with Crippen molar-refractivity contribution in [3.63, 3.8) is 0 Å². The van der Waals surface area contributed by atoms with Gasteiger partial charge in [0.25, 0.3) is 0 Å². The minimum Gasteiger partial charge on any atom is -0.501 e. The van der Waals surface area contributed by atoms with Crippen LogP contribution < -0.4 is 10.5 Å². The number of anilines is 1. The number of nitrogens with zero attached hydrogens (tertiary/aromatic N) is 4. The SMILES string of the molecule is CCN(CCOC)c1ccc2nc(-c3ncc(Cc4ccc(C)cc4)o3)c(O)c(=O)n2c1. The van der Waals surface area contributed by atoms with Crippen molar-refractivity contribution in [3.05, 3.63) is 76.0 Å². The molecule has 1 aromatic carbocycles. The lowest BCUT2D eigenvalue weighted by molar-refractivity contribution is 0.205. The number of fused-ring (bicyclic) bond motifs is 1. The molecular formula is C24H26N4O4. The maximum Gasteiger partial charge on any atom is 0.300 e. The van der Waals surface area contributed by atoms with Crippen molar-refractivity contribution >= 4 is 11.3 Å². The molecule has 1 N–H and O–H groups in total. The molecule has 0 unspecified atom stereocenters. The zero-order valence-corrected chi connectivity index (χ0v) is 18.4. The Hall–Kier alpha value is -3.65. The van der Waals surface area contributed by atoms with Crippen LogP contribution in [0.3, 0.4) is 0 Å². The Labute approximate surface area is 185 Å². The number of oxazole rings is 1. The first-order valence-electron chi connectivity index (χ1n) is 10.5. The summed E-state index contributed by atoms with van der Waals surface area (Å²) in [6.07, 6.45) is 3.82. The van der Waals surface area contributed by atoms with E-state index in [9.17, 15) is 9.90 Å². The second-order valence-electron chi connectivity index (χ2n) is 7.60. The number of rotatable bonds is 8. The zero-order valence-electron chi connectivity index (χ0n) is 18.4. The molecule has 0 aliphatic rings. The highest BCUT2D eigenvalue weighted by Crippen LogP contribution is 2.26. The number of benzene rings is 1. The summed E-state index contributed by atoms with van der Waals surface area (Å²) < 4.78 is 12.3. The Morgan fingerprint density at radius 3 is 2.69 bits per heavy atom. The molecule has 0 aliphatic heterocycles. The average Bonchev–Trinajstić information content (AvgIpc) is 3.26. The average molecular weight is 434 g/mol. The van der Waals surface area contributed by atoms with Crippen molar-refractivity contribution in [3.8, 4) is 17.3 Å². The number of aromatic hydroxyl groups is 1. The number of likely N-dealkylation sites (N-methyl/N-ethyl adjacent to an activating group) is 1. The number of aromatic nitrogens is 3. The van der Waals surface area contributed by atoms with Gasteiger partial charge in [-0.3, -0.25) is 9.20 Å². The van der Waals surface area contributed by atoms with Crippen LogP contribution in [0.15, 0.2) is 58.0 Å². The molecule has 0 aliphatic carbocycles. The highest BCUT2D eigenvalue weighted by molar-refractivity contribution is 5.62. The predicted octanol–water partition coefficient (Wildman–Crippen LogP) is 3.43. The van der Waals surface area contributed by atoms with Crippen LogP contribution in [0, 0.1) is 6.92 Å². The lowest BCUT2D eigenvalue weighted by atomic mass is 10.1. The minimum atomic E-state index is -0.576. The van der Waals surface area contributed by atoms with E-state index in [-0.39, 0.29) is 11.6 Å². The monoisotopic (exact) mass is 434 g/mol. The molecule has 0 radical (unpaired) electrons. The molecule has 0 fully saturated rings. The molecule has 0 bridgehead atoms. The molecule has 4 rings (SSSR count). The van der Waals surface area contributed by atoms with Crippen molar-refractivity contribution < 1.29 is 14.3 Å². The molecule has 4 aromatic rings. The van der Waals surface area contributed by atoms with Gasteiger partial charge in [-0.1, -0.05) is 29.8 Å². The highest BCUT2D eigenvalue weighted by atomic mass is 16.5. The number of ether oxygens (including phenoxy) is 1. The Kier molecular flexibility index (Phi) is 6.23. The maximum atomic E-state index is 12.9. The first-order chi connectivity index (χ1) is 15.5. The Morgan fingerprint density at radius 2 is 1.97 bits per heavy atom. The predicted molar refractivity (Wildman–Crippen MR) is 122 cm³/mol. The zero-order chi connectivity index (χ0) is 22.7. The van der Waals surface area contributed by atoms with Crippen LogP contribution in [0.2, 0.25) is 0 Å². The number of hydrogen-bond donors (Lipinski definition) is 1. The van der Waals surface area contributed by atoms with Gasteiger partial charge in [-0.2, -0.15) is 0 Å². The van der Waals surface area contributed by atoms with Gasteiger partial charge in [0, 0.05) is 32.8 Å². The van der Waals surface area contributed by atoms with Crippen LogP contribution in [-0.4, -0.2) is 46.3 Å². The van der Waals surface area contributed by atoms with Crippen molar-refractivity contribution in [2.45, 2.75) is 20.3 Å². The van der Waals surface area contributed by atoms with Gasteiger partial charge in [0.15, 0.2) is 5.69 Å². The van der Waals surface area contributed by atoms with Gasteiger partial charge in [-0.15, -0.1) is 0 Å². The molecule has 0 atom stereocenters. The standard InChI is InChI=1S/C24H26N4O4/c1-4-27(11-12-31-3)18-9-10-20-26-21(22(29)24(30)28(20)15-18)23-25-14-19(32-23)13-17-7-5-16(2)6-8-17/h5-10,14-15,29H,4,11-13H2,1-3H3. The van der Waals surface area contributed by atoms with Crippen LogP contribution in [0.5, 0.6) is 5.75 Å². The number of hydrogen-bond acceptors (Lipinski definition) is 7. The van der Waals surface area contributed by atoms with Crippen LogP contribution in [0.4, 0.5) is 5.69 Å². The molecule has 166 valence electrons. The first kappa shape index (κ1) is 21.6. The molecule has 3 heterocycles. The third-order valence-corrected chi connectivity index (χ3v) is 5.35. The van der Waals surface area contributed by atoms with E-state index < -0.39 is 11.3 Å². The van der Waals surface area contributed by atoms with Gasteiger partial charge in [-0.05, 0) is 31.5 Å². The third kappa shape index (κ3) is 4.36. The van der Waals surface area contributed by atoms with Gasteiger partial charge in [-0.25, -0.2) is 9.97 Å². The first-order valence-corrected chi connectivity index (χ1v) is 10.5. The lowest BCUT2D eigenvalue weighted by Gasteiger charge is -2.23. The van der Waals surface area contributed by atoms with Crippen molar-refractivity contribution in [2.75, 3.05) is 31.7 Å². The fourth-order valence-electron chi connectivity index (χ4n) is 3.53. The summed E-state index contributed by atoms with van der Waals surface area (Å²) >= 11 is 0. The van der Waals surface area contributed by atoms with Gasteiger partial charge in [0.1, 0.15) is 11.4 Å². The van der Waals surface area contributed by atoms with E-state index in [0.29, 0.717) is 31.0 Å². The smallest absolute Gasteiger partial charge is 0.300 e. The lowest BCUT2D eigenvalue weighted by Crippen LogP contribution is -2.27. The van der Waals surface area contributed by atoms with Gasteiger partial charge < -0.3 is 19.2 Å². The number of methoxy groups -OCH3 is 1. The van der Waals surface area contributed by atoms with E-state index in [1.54, 1.807) is 25.6 Å². The second-order valence-corrected chi connectivity index (χ2v) is 7.60. The molecule has 8 nitrogen and oxygen atoms in total. The molecule has 0 saturated heterocycles. The quantitative estimate of drug-likeness (QED) is 0.454. The fraction of sp³-hybridized carbons (Fsp3) is 0.292. The van der Waals surface area contributed by atoms with Gasteiger partial charge >= 0.3 is 5.56 Å². The van der Waals surface area contributed by atoms with Crippen LogP contribution in [0.1, 0.15) is 23.8 Å². The Morgan fingerprint density at radius 1 is 1.19 bits per heavy atom. The summed E-state index contributed by atoms with van der Waals surface area (Å²) in [5.74, 6) is 0.240. The summed E-state index contributed by atoms with van der Waals surface area (Å²) in [6, 6.07) is 11.8. The van der Waals surface area contributed by atoms with Crippen molar-refractivity contribution in [1.29, 1.82) is 0 Å². The topological polar surface area (TPSA) is 93.1 Å². The summed E-state index contributed by atoms with van der Waals surface area (Å²) in [7, 11) is 1.65. The van der Waals surface area contributed by atoms with E-state index in [1.807, 2.05) is 44.2 Å². The summed E-state index contributed by atoms with van der Waals surface area (Å²) in [5, 5.41) is 10.6. The van der Waals surface area contributed by atoms with E-state index in [2.05, 4.69) is 14.9 Å². The molecule has 0 spiro atoms. The maximum absolute atomic E-state index is 12.9. The summed E-state index contributed by atoms with van der Waals surface area (Å²) in [5.41, 5.74) is 2.95. The molecule has 0 amide bonds. The van der Waals surface area contributed by atoms with Gasteiger partial charge in [0.2, 0.25) is 11.6 Å². The Bertz CT molecular complexity index is 1280. The van der Waals surface area contributed by atoms with Crippen LogP contribution in [0.25, 0.3) is 17.2 Å². The third-order valence-electron chi connectivity index (χ3n) is 5.35. The molecule has 8 heteroatoms. The van der Waals surface area contributed by atoms with Crippen LogP contribution in [-0.2, 0) is 11.2 Å². The largest absolute Gasteiger partial charge is 0.501 e. The fourth-order valence-corrected chi connectivity index (χ4v) is 3.53. The van der Waals surface area contributed by atoms with Crippen molar-refractivity contribution in [2.24, 2.45) is 0 Å². The number of aryl methyl sites for hydroxylation is 1. The van der Waals surface area contributed by atoms with Gasteiger partial charge in [0.05, 0.1) is 18.5 Å².